The van der Waals surface area contributed by atoms with Crippen molar-refractivity contribution < 1.29 is 31.1 Å². The maximum atomic E-state index is 12.4. The molecule has 3 fully saturated rings. The second-order valence-corrected chi connectivity index (χ2v) is 8.86. The van der Waals surface area contributed by atoms with Gasteiger partial charge in [-0.1, -0.05) is 25.5 Å². The Morgan fingerprint density at radius 2 is 1.64 bits per heavy atom. The van der Waals surface area contributed by atoms with Gasteiger partial charge in [0.15, 0.2) is 0 Å². The molecule has 0 spiro atoms. The highest BCUT2D eigenvalue weighted by atomic mass is 16.3. The number of aliphatic hydroxyl groups excluding tert-OH is 3. The Kier molecular flexibility index (Phi) is 5.27. The molecule has 144 valence electrons. The van der Waals surface area contributed by atoms with Crippen LogP contribution >= 0.6 is 0 Å². The van der Waals surface area contributed by atoms with Crippen LogP contribution in [0.25, 0.3) is 0 Å². The molecule has 0 bridgehead atoms. The summed E-state index contributed by atoms with van der Waals surface area (Å²) in [7, 11) is 0. The zero-order chi connectivity index (χ0) is 16.6. The topological polar surface area (TPSA) is 141 Å². The van der Waals surface area contributed by atoms with Gasteiger partial charge in [-0.3, -0.25) is 4.79 Å². The molecule has 0 aromatic rings. The molecule has 7 N–H and O–H groups in total. The number of hydrogen-bond acceptors (Lipinski definition) is 4. The van der Waals surface area contributed by atoms with E-state index in [4.69, 9.17) is 0 Å². The van der Waals surface area contributed by atoms with Crippen molar-refractivity contribution in [3.05, 3.63) is 11.6 Å². The summed E-state index contributed by atoms with van der Waals surface area (Å²) in [5, 5.41) is 31.4. The van der Waals surface area contributed by atoms with E-state index in [1.807, 2.05) is 13.0 Å². The predicted molar refractivity (Wildman–Crippen MR) is 92.7 cm³/mol. The van der Waals surface area contributed by atoms with Gasteiger partial charge in [0, 0.05) is 17.8 Å². The van der Waals surface area contributed by atoms with E-state index in [2.05, 4.69) is 6.92 Å². The number of fused-ring (bicyclic) bond motifs is 5. The van der Waals surface area contributed by atoms with Crippen molar-refractivity contribution in [1.29, 1.82) is 0 Å². The lowest BCUT2D eigenvalue weighted by molar-refractivity contribution is -0.138. The van der Waals surface area contributed by atoms with E-state index in [0.717, 1.165) is 25.7 Å². The highest BCUT2D eigenvalue weighted by Gasteiger charge is 2.63. The Bertz CT molecular complexity index is 574. The molecule has 0 amide bonds. The van der Waals surface area contributed by atoms with E-state index in [-0.39, 0.29) is 46.5 Å². The number of ketones is 1. The summed E-state index contributed by atoms with van der Waals surface area (Å²) >= 11 is 0. The van der Waals surface area contributed by atoms with Crippen LogP contribution in [0, 0.1) is 28.6 Å². The van der Waals surface area contributed by atoms with Crippen molar-refractivity contribution in [3.8, 4) is 0 Å². The van der Waals surface area contributed by atoms with Gasteiger partial charge in [0.1, 0.15) is 5.78 Å². The standard InChI is InChI=1S/C19H28O4.2H2O/c1-18-5-3-11(20)7-10(18)8-13(21)16-12(18)4-6-19(2)15(23)9-14(22)17(16)19;;/h8,11-14,16-17,20-22H,3-7,9H2,1-2H3;2*1H2/t11-,12-,13+,14-,16-,17-,18-,19+;;/m0../s1. The summed E-state index contributed by atoms with van der Waals surface area (Å²) in [5.41, 5.74) is 0.709. The van der Waals surface area contributed by atoms with Crippen LogP contribution in [0.3, 0.4) is 0 Å². The number of hydrogen-bond donors (Lipinski definition) is 3. The lowest BCUT2D eigenvalue weighted by Crippen LogP contribution is -2.56. The average molecular weight is 356 g/mol. The number of carbonyl (C=O) groups is 1. The summed E-state index contributed by atoms with van der Waals surface area (Å²) < 4.78 is 0. The molecule has 4 aliphatic rings. The van der Waals surface area contributed by atoms with Gasteiger partial charge in [-0.25, -0.2) is 0 Å². The fourth-order valence-electron chi connectivity index (χ4n) is 6.46. The minimum atomic E-state index is -0.623. The van der Waals surface area contributed by atoms with E-state index >= 15 is 0 Å². The van der Waals surface area contributed by atoms with Gasteiger partial charge in [-0.15, -0.1) is 0 Å². The van der Waals surface area contributed by atoms with Crippen LogP contribution in [0.1, 0.15) is 52.4 Å². The summed E-state index contributed by atoms with van der Waals surface area (Å²) in [4.78, 5) is 12.4. The Hall–Kier alpha value is -0.790. The second kappa shape index (κ2) is 6.43. The first-order valence-electron chi connectivity index (χ1n) is 9.06. The monoisotopic (exact) mass is 356 g/mol. The molecule has 0 unspecified atom stereocenters. The molecule has 6 heteroatoms. The fraction of sp³-hybridized carbons (Fsp3) is 0.842. The van der Waals surface area contributed by atoms with Crippen LogP contribution in [-0.2, 0) is 4.79 Å². The highest BCUT2D eigenvalue weighted by Crippen LogP contribution is 2.63. The van der Waals surface area contributed by atoms with E-state index in [1.54, 1.807) is 0 Å². The Balaban J connectivity index is 0.00000113. The van der Waals surface area contributed by atoms with Crippen molar-refractivity contribution in [2.24, 2.45) is 28.6 Å². The van der Waals surface area contributed by atoms with Gasteiger partial charge in [0.2, 0.25) is 0 Å². The summed E-state index contributed by atoms with van der Waals surface area (Å²) in [6, 6.07) is 0. The van der Waals surface area contributed by atoms with Gasteiger partial charge in [-0.2, -0.15) is 0 Å². The van der Waals surface area contributed by atoms with Crippen LogP contribution in [0.4, 0.5) is 0 Å². The van der Waals surface area contributed by atoms with Crippen molar-refractivity contribution >= 4 is 5.78 Å². The Morgan fingerprint density at radius 1 is 1.00 bits per heavy atom. The maximum absolute atomic E-state index is 12.4. The smallest absolute Gasteiger partial charge is 0.141 e. The number of Topliss-reactive ketones (excluding diaryl/α,β-unsaturated/α-hetero) is 1. The third kappa shape index (κ3) is 2.61. The second-order valence-electron chi connectivity index (χ2n) is 8.86. The molecule has 6 nitrogen and oxygen atoms in total. The quantitative estimate of drug-likeness (QED) is 0.532. The van der Waals surface area contributed by atoms with Crippen molar-refractivity contribution in [2.45, 2.75) is 70.7 Å². The molecule has 3 saturated carbocycles. The summed E-state index contributed by atoms with van der Waals surface area (Å²) in [6.07, 6.45) is 4.77. The van der Waals surface area contributed by atoms with Crippen LogP contribution in [0.15, 0.2) is 11.6 Å². The summed E-state index contributed by atoms with van der Waals surface area (Å²) in [6.45, 7) is 4.26. The first-order valence-corrected chi connectivity index (χ1v) is 9.06. The number of rotatable bonds is 0. The van der Waals surface area contributed by atoms with E-state index in [9.17, 15) is 20.1 Å². The Labute approximate surface area is 148 Å². The zero-order valence-electron chi connectivity index (χ0n) is 15.0. The minimum absolute atomic E-state index is 0. The van der Waals surface area contributed by atoms with Crippen LogP contribution in [0.5, 0.6) is 0 Å². The molecule has 4 rings (SSSR count). The van der Waals surface area contributed by atoms with E-state index in [0.29, 0.717) is 12.3 Å². The fourth-order valence-corrected chi connectivity index (χ4v) is 6.46. The first-order chi connectivity index (χ1) is 10.8. The summed E-state index contributed by atoms with van der Waals surface area (Å²) in [5.74, 6) is 0.285. The van der Waals surface area contributed by atoms with Gasteiger partial charge >= 0.3 is 0 Å². The SMILES string of the molecule is C[C@]12CC[C@H](O)CC1=C[C@@H](O)[C@H]1[C@@H]3[C@@H](O)CC(=O)[C@@]3(C)CC[C@@H]12.O.O. The van der Waals surface area contributed by atoms with Gasteiger partial charge in [-0.05, 0) is 49.4 Å². The van der Waals surface area contributed by atoms with Gasteiger partial charge < -0.3 is 26.3 Å². The molecule has 25 heavy (non-hydrogen) atoms. The predicted octanol–water partition coefficient (Wildman–Crippen LogP) is 0.171. The van der Waals surface area contributed by atoms with Gasteiger partial charge in [0.25, 0.3) is 0 Å². The number of carbonyl (C=O) groups excluding carboxylic acids is 1. The molecule has 8 atom stereocenters. The third-order valence-electron chi connectivity index (χ3n) is 7.81. The van der Waals surface area contributed by atoms with Crippen molar-refractivity contribution in [2.75, 3.05) is 0 Å². The molecule has 0 aromatic heterocycles. The molecule has 4 aliphatic carbocycles. The van der Waals surface area contributed by atoms with Crippen LogP contribution < -0.4 is 0 Å². The minimum Gasteiger partial charge on any atom is -0.412 e. The average Bonchev–Trinajstić information content (AvgIpc) is 2.71. The maximum Gasteiger partial charge on any atom is 0.141 e. The van der Waals surface area contributed by atoms with E-state index in [1.165, 1.54) is 5.57 Å². The van der Waals surface area contributed by atoms with E-state index < -0.39 is 17.6 Å². The molecule has 0 aromatic carbocycles. The normalized spacial score (nSPS) is 51.2. The molecular weight excluding hydrogens is 324 g/mol. The third-order valence-corrected chi connectivity index (χ3v) is 7.81. The molecule has 0 heterocycles. The first kappa shape index (κ1) is 20.5. The molecule has 0 radical (unpaired) electrons. The lowest BCUT2D eigenvalue weighted by atomic mass is 9.47. The molecule has 0 saturated heterocycles. The lowest BCUT2D eigenvalue weighted by Gasteiger charge is -2.58. The largest absolute Gasteiger partial charge is 0.412 e. The van der Waals surface area contributed by atoms with Crippen LogP contribution in [-0.4, -0.2) is 50.4 Å². The van der Waals surface area contributed by atoms with Crippen molar-refractivity contribution in [1.82, 2.24) is 0 Å². The van der Waals surface area contributed by atoms with Crippen molar-refractivity contribution in [3.63, 3.8) is 0 Å². The zero-order valence-corrected chi connectivity index (χ0v) is 15.0. The Morgan fingerprint density at radius 3 is 2.32 bits per heavy atom. The molecule has 0 aliphatic heterocycles. The molecular formula is C19H32O6. The number of aliphatic hydroxyl groups is 3. The van der Waals surface area contributed by atoms with Gasteiger partial charge in [0.05, 0.1) is 18.3 Å². The highest BCUT2D eigenvalue weighted by molar-refractivity contribution is 5.88. The van der Waals surface area contributed by atoms with Crippen LogP contribution in [0.2, 0.25) is 0 Å².